The molecule has 1 fully saturated rings. The van der Waals surface area contributed by atoms with Gasteiger partial charge in [0.05, 0.1) is 6.54 Å². The number of piperidine rings is 1. The van der Waals surface area contributed by atoms with E-state index in [0.29, 0.717) is 0 Å². The second-order valence-electron chi connectivity index (χ2n) is 4.66. The lowest BCUT2D eigenvalue weighted by molar-refractivity contribution is -0.148. The number of imide groups is 1. The van der Waals surface area contributed by atoms with Crippen LogP contribution in [0, 0.1) is 0 Å². The fourth-order valence-corrected chi connectivity index (χ4v) is 3.18. The number of amides is 2. The van der Waals surface area contributed by atoms with Gasteiger partial charge in [0.25, 0.3) is 0 Å². The highest BCUT2D eigenvalue weighted by Gasteiger charge is 2.39. The fraction of sp³-hybridized carbons (Fsp3) is 0.385. The Kier molecular flexibility index (Phi) is 3.71. The van der Waals surface area contributed by atoms with E-state index in [1.54, 1.807) is 12.1 Å². The van der Waals surface area contributed by atoms with E-state index < -0.39 is 21.0 Å². The molecule has 1 aromatic rings. The van der Waals surface area contributed by atoms with Gasteiger partial charge in [-0.25, -0.2) is 8.42 Å². The van der Waals surface area contributed by atoms with Crippen LogP contribution in [0.25, 0.3) is 0 Å². The molecule has 19 heavy (non-hydrogen) atoms. The average molecular weight is 281 g/mol. The molecule has 1 aliphatic rings. The molecule has 1 unspecified atom stereocenters. The summed E-state index contributed by atoms with van der Waals surface area (Å²) in [6.45, 7) is 0.129. The largest absolute Gasteiger partial charge is 0.277 e. The lowest BCUT2D eigenvalue weighted by atomic mass is 10.1. The first-order valence-corrected chi connectivity index (χ1v) is 7.92. The van der Waals surface area contributed by atoms with E-state index in [4.69, 9.17) is 0 Å². The molecular formula is C13H15NO4S. The minimum atomic E-state index is -3.47. The Labute approximate surface area is 112 Å². The molecule has 0 radical (unpaired) electrons. The van der Waals surface area contributed by atoms with Crippen molar-refractivity contribution in [2.45, 2.75) is 24.6 Å². The Morgan fingerprint density at radius 2 is 1.84 bits per heavy atom. The normalized spacial score (nSPS) is 20.7. The molecule has 0 aromatic heterocycles. The van der Waals surface area contributed by atoms with E-state index in [0.717, 1.165) is 16.7 Å². The summed E-state index contributed by atoms with van der Waals surface area (Å²) >= 11 is 0. The lowest BCUT2D eigenvalue weighted by Crippen LogP contribution is -2.49. The Balaban J connectivity index is 2.23. The number of nitrogens with zero attached hydrogens (tertiary/aromatic N) is 1. The summed E-state index contributed by atoms with van der Waals surface area (Å²) in [4.78, 5) is 25.0. The first-order valence-electron chi connectivity index (χ1n) is 5.96. The van der Waals surface area contributed by atoms with Gasteiger partial charge in [-0.15, -0.1) is 0 Å². The van der Waals surface area contributed by atoms with Crippen LogP contribution in [-0.4, -0.2) is 36.6 Å². The van der Waals surface area contributed by atoms with E-state index in [-0.39, 0.29) is 25.3 Å². The topological polar surface area (TPSA) is 71.5 Å². The predicted molar refractivity (Wildman–Crippen MR) is 69.9 cm³/mol. The van der Waals surface area contributed by atoms with E-state index in [1.807, 2.05) is 18.2 Å². The van der Waals surface area contributed by atoms with Gasteiger partial charge in [0.1, 0.15) is 5.25 Å². The van der Waals surface area contributed by atoms with Crippen LogP contribution in [0.4, 0.5) is 0 Å². The maximum atomic E-state index is 12.1. The molecule has 0 aliphatic carbocycles. The Bertz CT molecular complexity index is 594. The molecule has 1 aromatic carbocycles. The third-order valence-electron chi connectivity index (χ3n) is 3.16. The van der Waals surface area contributed by atoms with Gasteiger partial charge in [-0.05, 0) is 12.0 Å². The van der Waals surface area contributed by atoms with E-state index in [2.05, 4.69) is 0 Å². The van der Waals surface area contributed by atoms with E-state index in [1.165, 1.54) is 0 Å². The number of rotatable bonds is 3. The van der Waals surface area contributed by atoms with Gasteiger partial charge in [0, 0.05) is 12.7 Å². The highest BCUT2D eigenvalue weighted by atomic mass is 32.2. The highest BCUT2D eigenvalue weighted by molar-refractivity contribution is 7.92. The molecule has 2 amide bonds. The quantitative estimate of drug-likeness (QED) is 0.766. The summed E-state index contributed by atoms with van der Waals surface area (Å²) in [5.74, 6) is -0.920. The Hall–Kier alpha value is -1.69. The summed E-state index contributed by atoms with van der Waals surface area (Å²) in [5, 5.41) is -1.09. The van der Waals surface area contributed by atoms with Crippen molar-refractivity contribution in [2.24, 2.45) is 0 Å². The van der Waals surface area contributed by atoms with Crippen molar-refractivity contribution in [2.75, 3.05) is 6.26 Å². The number of hydrogen-bond acceptors (Lipinski definition) is 4. The lowest BCUT2D eigenvalue weighted by Gasteiger charge is -2.29. The standard InChI is InChI=1S/C13H15NO4S/c1-19(17,18)11-7-8-12(15)14(13(11)16)9-10-5-3-2-4-6-10/h2-6,11H,7-9H2,1H3. The van der Waals surface area contributed by atoms with Crippen LogP contribution in [0.3, 0.4) is 0 Å². The number of carbonyl (C=O) groups is 2. The number of sulfone groups is 1. The monoisotopic (exact) mass is 281 g/mol. The van der Waals surface area contributed by atoms with Gasteiger partial charge < -0.3 is 0 Å². The number of benzene rings is 1. The molecule has 2 rings (SSSR count). The van der Waals surface area contributed by atoms with Crippen molar-refractivity contribution in [3.05, 3.63) is 35.9 Å². The summed E-state index contributed by atoms with van der Waals surface area (Å²) in [5.41, 5.74) is 0.804. The van der Waals surface area contributed by atoms with Crippen LogP contribution in [0.15, 0.2) is 30.3 Å². The van der Waals surface area contributed by atoms with Crippen molar-refractivity contribution in [1.82, 2.24) is 4.90 Å². The third-order valence-corrected chi connectivity index (χ3v) is 4.63. The summed E-state index contributed by atoms with van der Waals surface area (Å²) < 4.78 is 23.1. The summed E-state index contributed by atoms with van der Waals surface area (Å²) in [6, 6.07) is 9.04. The molecule has 5 nitrogen and oxygen atoms in total. The van der Waals surface area contributed by atoms with Crippen LogP contribution in [0.1, 0.15) is 18.4 Å². The zero-order valence-corrected chi connectivity index (χ0v) is 11.4. The molecule has 6 heteroatoms. The predicted octanol–water partition coefficient (Wildman–Crippen LogP) is 0.749. The third kappa shape index (κ3) is 3.01. The van der Waals surface area contributed by atoms with Crippen molar-refractivity contribution in [3.63, 3.8) is 0 Å². The first kappa shape index (κ1) is 13.7. The Morgan fingerprint density at radius 1 is 1.21 bits per heavy atom. The number of likely N-dealkylation sites (tertiary alicyclic amines) is 1. The van der Waals surface area contributed by atoms with Crippen LogP contribution in [-0.2, 0) is 26.0 Å². The second-order valence-corrected chi connectivity index (χ2v) is 6.89. The maximum absolute atomic E-state index is 12.1. The van der Waals surface area contributed by atoms with Gasteiger partial charge in [0.2, 0.25) is 11.8 Å². The molecule has 0 N–H and O–H groups in total. The van der Waals surface area contributed by atoms with Crippen molar-refractivity contribution in [1.29, 1.82) is 0 Å². The molecule has 0 bridgehead atoms. The number of hydrogen-bond donors (Lipinski definition) is 0. The minimum absolute atomic E-state index is 0.0851. The minimum Gasteiger partial charge on any atom is -0.277 e. The zero-order chi connectivity index (χ0) is 14.0. The molecule has 1 aliphatic heterocycles. The maximum Gasteiger partial charge on any atom is 0.247 e. The molecule has 1 saturated heterocycles. The second kappa shape index (κ2) is 5.13. The van der Waals surface area contributed by atoms with Crippen LogP contribution < -0.4 is 0 Å². The Morgan fingerprint density at radius 3 is 2.42 bits per heavy atom. The molecular weight excluding hydrogens is 266 g/mol. The van der Waals surface area contributed by atoms with Crippen molar-refractivity contribution < 1.29 is 18.0 Å². The van der Waals surface area contributed by atoms with Crippen LogP contribution in [0.2, 0.25) is 0 Å². The van der Waals surface area contributed by atoms with Gasteiger partial charge in [0.15, 0.2) is 9.84 Å². The van der Waals surface area contributed by atoms with Gasteiger partial charge in [-0.3, -0.25) is 14.5 Å². The van der Waals surface area contributed by atoms with Crippen LogP contribution >= 0.6 is 0 Å². The first-order chi connectivity index (χ1) is 8.89. The van der Waals surface area contributed by atoms with Crippen molar-refractivity contribution >= 4 is 21.7 Å². The smallest absolute Gasteiger partial charge is 0.247 e. The van der Waals surface area contributed by atoms with Gasteiger partial charge in [-0.2, -0.15) is 0 Å². The molecule has 1 heterocycles. The van der Waals surface area contributed by atoms with E-state index >= 15 is 0 Å². The van der Waals surface area contributed by atoms with Crippen LogP contribution in [0.5, 0.6) is 0 Å². The SMILES string of the molecule is CS(=O)(=O)C1CCC(=O)N(Cc2ccccc2)C1=O. The molecule has 0 spiro atoms. The highest BCUT2D eigenvalue weighted by Crippen LogP contribution is 2.21. The number of carbonyl (C=O) groups excluding carboxylic acids is 2. The summed E-state index contributed by atoms with van der Waals surface area (Å²) in [6.07, 6.45) is 1.21. The molecule has 1 atom stereocenters. The zero-order valence-electron chi connectivity index (χ0n) is 10.6. The molecule has 0 saturated carbocycles. The van der Waals surface area contributed by atoms with E-state index in [9.17, 15) is 18.0 Å². The summed E-state index contributed by atoms with van der Waals surface area (Å²) in [7, 11) is -3.47. The van der Waals surface area contributed by atoms with Gasteiger partial charge >= 0.3 is 0 Å². The van der Waals surface area contributed by atoms with Gasteiger partial charge in [-0.1, -0.05) is 30.3 Å². The molecule has 102 valence electrons. The van der Waals surface area contributed by atoms with Crippen molar-refractivity contribution in [3.8, 4) is 0 Å². The fourth-order valence-electron chi connectivity index (χ4n) is 2.14. The average Bonchev–Trinajstić information content (AvgIpc) is 2.34.